The molecule has 1 aromatic heterocycles. The van der Waals surface area contributed by atoms with Crippen LogP contribution >= 0.6 is 0 Å². The summed E-state index contributed by atoms with van der Waals surface area (Å²) in [4.78, 5) is 17.5. The molecule has 0 atom stereocenters. The molecule has 6 heteroatoms. The van der Waals surface area contributed by atoms with Gasteiger partial charge in [0.15, 0.2) is 0 Å². The number of benzene rings is 2. The average molecular weight is 351 g/mol. The molecule has 0 unspecified atom stereocenters. The molecule has 1 N–H and O–H groups in total. The van der Waals surface area contributed by atoms with Crippen molar-refractivity contribution in [2.24, 2.45) is 4.99 Å². The Morgan fingerprint density at radius 1 is 1.08 bits per heavy atom. The Kier molecular flexibility index (Phi) is 4.93. The highest BCUT2D eigenvalue weighted by Gasteiger charge is 2.15. The minimum absolute atomic E-state index is 0.137. The van der Waals surface area contributed by atoms with Crippen LogP contribution in [0.1, 0.15) is 18.2 Å². The van der Waals surface area contributed by atoms with Gasteiger partial charge in [-0.3, -0.25) is 9.89 Å². The van der Waals surface area contributed by atoms with Gasteiger partial charge in [-0.1, -0.05) is 18.2 Å². The Morgan fingerprint density at radius 3 is 2.46 bits per heavy atom. The Bertz CT molecular complexity index is 1000. The van der Waals surface area contributed by atoms with Gasteiger partial charge in [-0.15, -0.1) is 0 Å². The Balaban J connectivity index is 2.06. The third kappa shape index (κ3) is 3.26. The van der Waals surface area contributed by atoms with Crippen molar-refractivity contribution in [1.82, 2.24) is 9.78 Å². The number of aliphatic imine (C=N–C) groups is 1. The normalized spacial score (nSPS) is 11.5. The summed E-state index contributed by atoms with van der Waals surface area (Å²) < 4.78 is 12.1. The maximum atomic E-state index is 12.9. The molecule has 0 fully saturated rings. The molecule has 3 rings (SSSR count). The summed E-state index contributed by atoms with van der Waals surface area (Å²) in [5.74, 6) is 1.27. The van der Waals surface area contributed by atoms with Crippen molar-refractivity contribution >= 4 is 11.4 Å². The molecular formula is C20H21N3O3. The number of aromatic nitrogens is 2. The zero-order valence-electron chi connectivity index (χ0n) is 15.2. The number of ether oxygens (including phenoxy) is 2. The van der Waals surface area contributed by atoms with Gasteiger partial charge in [0.25, 0.3) is 5.56 Å². The first-order valence-corrected chi connectivity index (χ1v) is 8.20. The summed E-state index contributed by atoms with van der Waals surface area (Å²) in [5.41, 5.74) is 3.20. The van der Waals surface area contributed by atoms with Crippen molar-refractivity contribution in [3.8, 4) is 17.2 Å². The lowest BCUT2D eigenvalue weighted by atomic mass is 10.1. The fourth-order valence-electron chi connectivity index (χ4n) is 2.85. The first kappa shape index (κ1) is 17.5. The average Bonchev–Trinajstić information content (AvgIpc) is 2.97. The number of hydrogen-bond acceptors (Lipinski definition) is 4. The maximum absolute atomic E-state index is 12.9. The van der Waals surface area contributed by atoms with Crippen LogP contribution in [-0.2, 0) is 0 Å². The van der Waals surface area contributed by atoms with Crippen molar-refractivity contribution < 1.29 is 9.47 Å². The van der Waals surface area contributed by atoms with Gasteiger partial charge >= 0.3 is 0 Å². The number of H-pyrrole nitrogens is 1. The highest BCUT2D eigenvalue weighted by Crippen LogP contribution is 2.32. The molecule has 0 saturated carbocycles. The van der Waals surface area contributed by atoms with Crippen molar-refractivity contribution in [3.63, 3.8) is 0 Å². The molecule has 0 radical (unpaired) electrons. The fourth-order valence-corrected chi connectivity index (χ4v) is 2.85. The van der Waals surface area contributed by atoms with Gasteiger partial charge in [0, 0.05) is 11.8 Å². The predicted octanol–water partition coefficient (Wildman–Crippen LogP) is 3.63. The van der Waals surface area contributed by atoms with E-state index in [1.165, 1.54) is 4.68 Å². The van der Waals surface area contributed by atoms with E-state index in [0.29, 0.717) is 28.5 Å². The number of aryl methyl sites for hydroxylation is 1. The molecule has 0 spiro atoms. The highest BCUT2D eigenvalue weighted by atomic mass is 16.5. The molecule has 0 aliphatic heterocycles. The van der Waals surface area contributed by atoms with Crippen LogP contribution < -0.4 is 15.0 Å². The van der Waals surface area contributed by atoms with Crippen LogP contribution in [0.4, 0.5) is 5.69 Å². The SMILES string of the molecule is COc1ccc(N=C(C)c2c(C)[nH]n(-c3ccccc3)c2=O)c(OC)c1. The fraction of sp³-hybridized carbons (Fsp3) is 0.200. The van der Waals surface area contributed by atoms with E-state index in [1.54, 1.807) is 32.4 Å². The van der Waals surface area contributed by atoms with Gasteiger partial charge in [-0.2, -0.15) is 0 Å². The summed E-state index contributed by atoms with van der Waals surface area (Å²) in [6.07, 6.45) is 0. The second kappa shape index (κ2) is 7.31. The van der Waals surface area contributed by atoms with Gasteiger partial charge in [0.05, 0.1) is 31.2 Å². The Morgan fingerprint density at radius 2 is 1.81 bits per heavy atom. The highest BCUT2D eigenvalue weighted by molar-refractivity contribution is 6.01. The quantitative estimate of drug-likeness (QED) is 0.714. The van der Waals surface area contributed by atoms with Crippen LogP contribution in [0.15, 0.2) is 58.3 Å². The van der Waals surface area contributed by atoms with Crippen LogP contribution in [0.3, 0.4) is 0 Å². The topological polar surface area (TPSA) is 68.6 Å². The van der Waals surface area contributed by atoms with Crippen LogP contribution in [0.5, 0.6) is 11.5 Å². The smallest absolute Gasteiger partial charge is 0.280 e. The number of hydrogen-bond donors (Lipinski definition) is 1. The van der Waals surface area contributed by atoms with Crippen molar-refractivity contribution in [2.75, 3.05) is 14.2 Å². The molecule has 2 aromatic carbocycles. The zero-order chi connectivity index (χ0) is 18.7. The number of nitrogens with one attached hydrogen (secondary N) is 1. The molecule has 26 heavy (non-hydrogen) atoms. The Labute approximate surface area is 151 Å². The first-order valence-electron chi connectivity index (χ1n) is 8.20. The molecule has 0 aliphatic carbocycles. The molecule has 0 saturated heterocycles. The van der Waals surface area contributed by atoms with E-state index < -0.39 is 0 Å². The lowest BCUT2D eigenvalue weighted by molar-refractivity contribution is 0.395. The second-order valence-corrected chi connectivity index (χ2v) is 5.82. The van der Waals surface area contributed by atoms with Gasteiger partial charge in [0.1, 0.15) is 17.2 Å². The van der Waals surface area contributed by atoms with E-state index in [1.807, 2.05) is 44.2 Å². The number of methoxy groups -OCH3 is 2. The summed E-state index contributed by atoms with van der Waals surface area (Å²) in [5, 5.41) is 3.11. The van der Waals surface area contributed by atoms with Crippen LogP contribution in [0, 0.1) is 6.92 Å². The largest absolute Gasteiger partial charge is 0.497 e. The number of para-hydroxylation sites is 1. The van der Waals surface area contributed by atoms with E-state index in [9.17, 15) is 4.79 Å². The van der Waals surface area contributed by atoms with Crippen LogP contribution in [0.2, 0.25) is 0 Å². The van der Waals surface area contributed by atoms with Crippen LogP contribution in [0.25, 0.3) is 5.69 Å². The zero-order valence-corrected chi connectivity index (χ0v) is 15.2. The molecule has 6 nitrogen and oxygen atoms in total. The monoisotopic (exact) mass is 351 g/mol. The summed E-state index contributed by atoms with van der Waals surface area (Å²) in [6.45, 7) is 3.68. The van der Waals surface area contributed by atoms with E-state index in [-0.39, 0.29) is 5.56 Å². The van der Waals surface area contributed by atoms with Gasteiger partial charge < -0.3 is 9.47 Å². The van der Waals surface area contributed by atoms with Crippen molar-refractivity contribution in [3.05, 3.63) is 70.1 Å². The minimum atomic E-state index is -0.137. The van der Waals surface area contributed by atoms with E-state index in [2.05, 4.69) is 10.1 Å². The van der Waals surface area contributed by atoms with E-state index >= 15 is 0 Å². The number of rotatable bonds is 5. The lowest BCUT2D eigenvalue weighted by Crippen LogP contribution is -2.19. The standard InChI is InChI=1S/C20H21N3O3/c1-13(21-17-11-10-16(25-3)12-18(17)26-4)19-14(2)22-23(20(19)24)15-8-6-5-7-9-15/h5-12,22H,1-4H3. The van der Waals surface area contributed by atoms with Gasteiger partial charge in [-0.05, 0) is 38.1 Å². The second-order valence-electron chi connectivity index (χ2n) is 5.82. The van der Waals surface area contributed by atoms with Crippen molar-refractivity contribution in [1.29, 1.82) is 0 Å². The Hall–Kier alpha value is -3.28. The number of aromatic amines is 1. The van der Waals surface area contributed by atoms with Crippen molar-refractivity contribution in [2.45, 2.75) is 13.8 Å². The predicted molar refractivity (Wildman–Crippen MR) is 103 cm³/mol. The molecule has 0 aliphatic rings. The molecular weight excluding hydrogens is 330 g/mol. The van der Waals surface area contributed by atoms with Gasteiger partial charge in [-0.25, -0.2) is 9.67 Å². The van der Waals surface area contributed by atoms with Crippen LogP contribution in [-0.4, -0.2) is 29.7 Å². The molecule has 3 aromatic rings. The summed E-state index contributed by atoms with van der Waals surface area (Å²) >= 11 is 0. The molecule has 0 amide bonds. The lowest BCUT2D eigenvalue weighted by Gasteiger charge is -2.07. The molecule has 134 valence electrons. The minimum Gasteiger partial charge on any atom is -0.497 e. The summed E-state index contributed by atoms with van der Waals surface area (Å²) in [7, 11) is 3.17. The van der Waals surface area contributed by atoms with Gasteiger partial charge in [0.2, 0.25) is 0 Å². The summed E-state index contributed by atoms with van der Waals surface area (Å²) in [6, 6.07) is 14.8. The molecule has 0 bridgehead atoms. The third-order valence-corrected chi connectivity index (χ3v) is 4.12. The van der Waals surface area contributed by atoms with E-state index in [4.69, 9.17) is 9.47 Å². The van der Waals surface area contributed by atoms with E-state index in [0.717, 1.165) is 11.4 Å². The molecule has 1 heterocycles. The number of nitrogens with zero attached hydrogens (tertiary/aromatic N) is 2. The first-order chi connectivity index (χ1) is 12.5. The third-order valence-electron chi connectivity index (χ3n) is 4.12. The maximum Gasteiger partial charge on any atom is 0.280 e.